The fourth-order valence-electron chi connectivity index (χ4n) is 2.11. The number of urea groups is 1. The minimum Gasteiger partial charge on any atom is -0.307 e. The summed E-state index contributed by atoms with van der Waals surface area (Å²) >= 11 is 0. The summed E-state index contributed by atoms with van der Waals surface area (Å²) in [6.45, 7) is 4.10. The van der Waals surface area contributed by atoms with Crippen LogP contribution in [-0.4, -0.2) is 11.9 Å². The molecule has 1 saturated carbocycles. The van der Waals surface area contributed by atoms with Gasteiger partial charge in [0.05, 0.1) is 0 Å². The van der Waals surface area contributed by atoms with E-state index >= 15 is 0 Å². The minimum atomic E-state index is -0.424. The van der Waals surface area contributed by atoms with Crippen molar-refractivity contribution in [2.45, 2.75) is 39.5 Å². The summed E-state index contributed by atoms with van der Waals surface area (Å²) in [5, 5.41) is 5.23. The molecule has 3 amide bonds. The van der Waals surface area contributed by atoms with E-state index in [9.17, 15) is 9.59 Å². The lowest BCUT2D eigenvalue weighted by atomic mass is 10.0. The zero-order chi connectivity index (χ0) is 13.8. The SMILES string of the molecule is CCc1cccc(CC)c1NC(=O)NC(=O)C1CC1. The molecule has 1 fully saturated rings. The second kappa shape index (κ2) is 5.87. The van der Waals surface area contributed by atoms with Gasteiger partial charge in [-0.05, 0) is 36.8 Å². The summed E-state index contributed by atoms with van der Waals surface area (Å²) < 4.78 is 0. The number of anilines is 1. The number of hydrogen-bond acceptors (Lipinski definition) is 2. The first kappa shape index (κ1) is 13.6. The molecule has 1 aromatic rings. The normalized spacial score (nSPS) is 14.0. The Bertz CT molecular complexity index is 471. The molecule has 1 aromatic carbocycles. The fourth-order valence-corrected chi connectivity index (χ4v) is 2.11. The zero-order valence-electron chi connectivity index (χ0n) is 11.5. The molecule has 0 aromatic heterocycles. The van der Waals surface area contributed by atoms with E-state index in [-0.39, 0.29) is 11.8 Å². The Morgan fingerprint density at radius 2 is 1.74 bits per heavy atom. The molecule has 1 aliphatic rings. The molecule has 0 saturated heterocycles. The highest BCUT2D eigenvalue weighted by molar-refractivity contribution is 6.03. The number of imide groups is 1. The van der Waals surface area contributed by atoms with Gasteiger partial charge in [0.2, 0.25) is 5.91 Å². The van der Waals surface area contributed by atoms with Crippen LogP contribution < -0.4 is 10.6 Å². The van der Waals surface area contributed by atoms with Crippen LogP contribution in [0.5, 0.6) is 0 Å². The van der Waals surface area contributed by atoms with Gasteiger partial charge in [-0.2, -0.15) is 0 Å². The molecule has 0 atom stereocenters. The molecule has 0 aliphatic heterocycles. The van der Waals surface area contributed by atoms with E-state index in [1.165, 1.54) is 0 Å². The first-order valence-corrected chi connectivity index (χ1v) is 6.88. The minimum absolute atomic E-state index is 0.0396. The van der Waals surface area contributed by atoms with Gasteiger partial charge in [-0.15, -0.1) is 0 Å². The Labute approximate surface area is 113 Å². The van der Waals surface area contributed by atoms with Crippen LogP contribution in [0.4, 0.5) is 10.5 Å². The maximum absolute atomic E-state index is 11.8. The van der Waals surface area contributed by atoms with Crippen molar-refractivity contribution in [1.29, 1.82) is 0 Å². The lowest BCUT2D eigenvalue weighted by Gasteiger charge is -2.14. The van der Waals surface area contributed by atoms with Crippen LogP contribution in [0.1, 0.15) is 37.8 Å². The predicted octanol–water partition coefficient (Wildman–Crippen LogP) is 2.87. The summed E-state index contributed by atoms with van der Waals surface area (Å²) in [5.41, 5.74) is 3.02. The van der Waals surface area contributed by atoms with Crippen LogP contribution in [0.25, 0.3) is 0 Å². The number of rotatable bonds is 4. The summed E-state index contributed by atoms with van der Waals surface area (Å²) in [5.74, 6) is -0.123. The van der Waals surface area contributed by atoms with Crippen LogP contribution in [0.15, 0.2) is 18.2 Å². The monoisotopic (exact) mass is 260 g/mol. The lowest BCUT2D eigenvalue weighted by Crippen LogP contribution is -2.35. The molecule has 0 bridgehead atoms. The standard InChI is InChI=1S/C15H20N2O2/c1-3-10-6-5-7-11(4-2)13(10)16-15(19)17-14(18)12-8-9-12/h5-7,12H,3-4,8-9H2,1-2H3,(H2,16,17,18,19). The quantitative estimate of drug-likeness (QED) is 0.874. The third-order valence-electron chi connectivity index (χ3n) is 3.42. The van der Waals surface area contributed by atoms with E-state index in [1.807, 2.05) is 32.0 Å². The topological polar surface area (TPSA) is 58.2 Å². The van der Waals surface area contributed by atoms with Gasteiger partial charge in [-0.25, -0.2) is 4.79 Å². The van der Waals surface area contributed by atoms with Gasteiger partial charge in [-0.1, -0.05) is 32.0 Å². The third kappa shape index (κ3) is 3.34. The molecule has 4 nitrogen and oxygen atoms in total. The van der Waals surface area contributed by atoms with Gasteiger partial charge in [0.15, 0.2) is 0 Å². The first-order valence-electron chi connectivity index (χ1n) is 6.88. The highest BCUT2D eigenvalue weighted by Crippen LogP contribution is 2.29. The molecule has 1 aliphatic carbocycles. The highest BCUT2D eigenvalue weighted by Gasteiger charge is 2.30. The smallest absolute Gasteiger partial charge is 0.307 e. The largest absolute Gasteiger partial charge is 0.325 e. The Morgan fingerprint density at radius 1 is 1.16 bits per heavy atom. The van der Waals surface area contributed by atoms with Crippen molar-refractivity contribution in [3.05, 3.63) is 29.3 Å². The number of hydrogen-bond donors (Lipinski definition) is 2. The van der Waals surface area contributed by atoms with E-state index in [0.717, 1.165) is 42.5 Å². The lowest BCUT2D eigenvalue weighted by molar-refractivity contribution is -0.121. The van der Waals surface area contributed by atoms with E-state index in [0.29, 0.717) is 0 Å². The average Bonchev–Trinajstić information content (AvgIpc) is 3.23. The van der Waals surface area contributed by atoms with Crippen molar-refractivity contribution in [2.75, 3.05) is 5.32 Å². The van der Waals surface area contributed by atoms with Gasteiger partial charge >= 0.3 is 6.03 Å². The molecular formula is C15H20N2O2. The van der Waals surface area contributed by atoms with Crippen LogP contribution >= 0.6 is 0 Å². The van der Waals surface area contributed by atoms with Crippen LogP contribution in [0.2, 0.25) is 0 Å². The number of nitrogens with one attached hydrogen (secondary N) is 2. The summed E-state index contributed by atoms with van der Waals surface area (Å²) in [6, 6.07) is 5.57. The fraction of sp³-hybridized carbons (Fsp3) is 0.467. The van der Waals surface area contributed by atoms with Crippen LogP contribution in [-0.2, 0) is 17.6 Å². The molecule has 0 radical (unpaired) electrons. The van der Waals surface area contributed by atoms with Crippen molar-refractivity contribution < 1.29 is 9.59 Å². The van der Waals surface area contributed by atoms with Crippen LogP contribution in [0, 0.1) is 5.92 Å². The average molecular weight is 260 g/mol. The number of carbonyl (C=O) groups is 2. The molecule has 2 rings (SSSR count). The maximum Gasteiger partial charge on any atom is 0.325 e. The van der Waals surface area contributed by atoms with Crippen molar-refractivity contribution in [3.63, 3.8) is 0 Å². The van der Waals surface area contributed by atoms with Crippen molar-refractivity contribution in [1.82, 2.24) is 5.32 Å². The third-order valence-corrected chi connectivity index (χ3v) is 3.42. The van der Waals surface area contributed by atoms with E-state index in [4.69, 9.17) is 0 Å². The van der Waals surface area contributed by atoms with Gasteiger partial charge in [0.1, 0.15) is 0 Å². The van der Waals surface area contributed by atoms with Crippen molar-refractivity contribution in [2.24, 2.45) is 5.92 Å². The predicted molar refractivity (Wildman–Crippen MR) is 75.1 cm³/mol. The summed E-state index contributed by atoms with van der Waals surface area (Å²) in [6.07, 6.45) is 3.48. The second-order valence-electron chi connectivity index (χ2n) is 4.88. The first-order chi connectivity index (χ1) is 9.15. The summed E-state index contributed by atoms with van der Waals surface area (Å²) in [4.78, 5) is 23.4. The molecule has 0 unspecified atom stereocenters. The number of amides is 3. The molecule has 2 N–H and O–H groups in total. The molecule has 19 heavy (non-hydrogen) atoms. The number of aryl methyl sites for hydroxylation is 2. The van der Waals surface area contributed by atoms with Gasteiger partial charge in [0, 0.05) is 11.6 Å². The highest BCUT2D eigenvalue weighted by atomic mass is 16.2. The Morgan fingerprint density at radius 3 is 2.21 bits per heavy atom. The number of para-hydroxylation sites is 1. The van der Waals surface area contributed by atoms with Crippen LogP contribution in [0.3, 0.4) is 0 Å². The zero-order valence-corrected chi connectivity index (χ0v) is 11.5. The Kier molecular flexibility index (Phi) is 4.20. The van der Waals surface area contributed by atoms with E-state index in [1.54, 1.807) is 0 Å². The molecule has 102 valence electrons. The molecule has 4 heteroatoms. The van der Waals surface area contributed by atoms with E-state index in [2.05, 4.69) is 10.6 Å². The second-order valence-corrected chi connectivity index (χ2v) is 4.88. The Balaban J connectivity index is 2.08. The molecular weight excluding hydrogens is 240 g/mol. The maximum atomic E-state index is 11.8. The number of carbonyl (C=O) groups excluding carboxylic acids is 2. The van der Waals surface area contributed by atoms with Gasteiger partial charge in [0.25, 0.3) is 0 Å². The number of benzene rings is 1. The van der Waals surface area contributed by atoms with Crippen molar-refractivity contribution in [3.8, 4) is 0 Å². The Hall–Kier alpha value is -1.84. The molecule has 0 heterocycles. The van der Waals surface area contributed by atoms with E-state index < -0.39 is 6.03 Å². The summed E-state index contributed by atoms with van der Waals surface area (Å²) in [7, 11) is 0. The van der Waals surface area contributed by atoms with Gasteiger partial charge in [-0.3, -0.25) is 10.1 Å². The molecule has 0 spiro atoms. The van der Waals surface area contributed by atoms with Crippen molar-refractivity contribution >= 4 is 17.6 Å². The van der Waals surface area contributed by atoms with Gasteiger partial charge < -0.3 is 5.32 Å².